The Morgan fingerprint density at radius 2 is 1.97 bits per heavy atom. The van der Waals surface area contributed by atoms with Gasteiger partial charge in [0.05, 0.1) is 23.7 Å². The molecule has 196 valence electrons. The van der Waals surface area contributed by atoms with Crippen LogP contribution in [0.3, 0.4) is 0 Å². The van der Waals surface area contributed by atoms with Gasteiger partial charge in [-0.25, -0.2) is 18.7 Å². The van der Waals surface area contributed by atoms with Gasteiger partial charge in [-0.05, 0) is 56.7 Å². The molecule has 2 amide bonds. The van der Waals surface area contributed by atoms with Crippen LogP contribution < -0.4 is 15.4 Å². The first-order chi connectivity index (χ1) is 17.8. The number of carbonyl (C=O) groups excluding carboxylic acids is 2. The third kappa shape index (κ3) is 5.42. The monoisotopic (exact) mass is 511 g/mol. The van der Waals surface area contributed by atoms with Crippen molar-refractivity contribution in [2.45, 2.75) is 70.6 Å². The van der Waals surface area contributed by atoms with E-state index in [9.17, 15) is 18.4 Å². The fourth-order valence-corrected chi connectivity index (χ4v) is 4.88. The minimum atomic E-state index is -1.24. The summed E-state index contributed by atoms with van der Waals surface area (Å²) in [6.45, 7) is 4.04. The second-order valence-corrected chi connectivity index (χ2v) is 9.99. The van der Waals surface area contributed by atoms with Crippen LogP contribution in [0.1, 0.15) is 61.5 Å². The normalized spacial score (nSPS) is 21.6. The third-order valence-electron chi connectivity index (χ3n) is 7.14. The van der Waals surface area contributed by atoms with Crippen molar-refractivity contribution in [3.8, 4) is 17.0 Å². The van der Waals surface area contributed by atoms with Gasteiger partial charge in [-0.3, -0.25) is 9.59 Å². The van der Waals surface area contributed by atoms with Crippen LogP contribution in [-0.2, 0) is 4.79 Å². The fraction of sp³-hybridized carbons (Fsp3) is 0.481. The number of aromatic nitrogens is 3. The summed E-state index contributed by atoms with van der Waals surface area (Å²) in [5, 5.41) is 5.65. The van der Waals surface area contributed by atoms with E-state index in [-0.39, 0.29) is 24.3 Å². The zero-order valence-corrected chi connectivity index (χ0v) is 20.9. The zero-order chi connectivity index (χ0) is 26.1. The van der Waals surface area contributed by atoms with E-state index in [0.717, 1.165) is 12.8 Å². The predicted octanol–water partition coefficient (Wildman–Crippen LogP) is 4.38. The highest BCUT2D eigenvalue weighted by Gasteiger charge is 2.33. The standard InChI is InChI=1S/C27H31F2N5O3/c1-3-22(35)34-20-8-7-17(11-19(20)29)33-27(36)23-14(2)32-26-24(30-13-31-25(23)26)18-10-16(28)6-9-21(18)37-12-15-4-5-15/h6,9-10,13,15,17,19-20,32H,3-5,7-8,11-12H2,1-2H3,(H,33,36)(H,34,35)/t17-,19+,20-/m0/s1. The Bertz CT molecular complexity index is 1320. The van der Waals surface area contributed by atoms with Gasteiger partial charge in [-0.2, -0.15) is 0 Å². The number of hydrogen-bond donors (Lipinski definition) is 3. The molecule has 2 aliphatic rings. The minimum Gasteiger partial charge on any atom is -0.493 e. The predicted molar refractivity (Wildman–Crippen MR) is 134 cm³/mol. The molecule has 0 unspecified atom stereocenters. The molecular formula is C27H31F2N5O3. The summed E-state index contributed by atoms with van der Waals surface area (Å²) in [6.07, 6.45) is 3.77. The number of hydrogen-bond acceptors (Lipinski definition) is 5. The van der Waals surface area contributed by atoms with Crippen LogP contribution in [0, 0.1) is 18.7 Å². The van der Waals surface area contributed by atoms with Gasteiger partial charge in [0.1, 0.15) is 35.3 Å². The number of amides is 2. The van der Waals surface area contributed by atoms with Gasteiger partial charge in [0.25, 0.3) is 5.91 Å². The maximum atomic E-state index is 14.7. The second kappa shape index (κ2) is 10.4. The molecule has 0 radical (unpaired) electrons. The van der Waals surface area contributed by atoms with Crippen molar-refractivity contribution in [2.75, 3.05) is 6.61 Å². The number of nitrogens with zero attached hydrogens (tertiary/aromatic N) is 2. The molecule has 10 heteroatoms. The molecule has 1 aromatic carbocycles. The lowest BCUT2D eigenvalue weighted by Gasteiger charge is -2.32. The van der Waals surface area contributed by atoms with Gasteiger partial charge >= 0.3 is 0 Å². The van der Waals surface area contributed by atoms with Crippen molar-refractivity contribution < 1.29 is 23.1 Å². The number of H-pyrrole nitrogens is 1. The Labute approximate surface area is 213 Å². The van der Waals surface area contributed by atoms with E-state index in [1.54, 1.807) is 19.9 Å². The smallest absolute Gasteiger partial charge is 0.255 e. The first kappa shape index (κ1) is 25.1. The molecule has 0 bridgehead atoms. The topological polar surface area (TPSA) is 109 Å². The number of nitrogens with one attached hydrogen (secondary N) is 3. The van der Waals surface area contributed by atoms with Crippen LogP contribution in [0.2, 0.25) is 0 Å². The number of rotatable bonds is 8. The highest BCUT2D eigenvalue weighted by molar-refractivity contribution is 6.09. The van der Waals surface area contributed by atoms with E-state index in [2.05, 4.69) is 25.6 Å². The van der Waals surface area contributed by atoms with Crippen molar-refractivity contribution in [2.24, 2.45) is 5.92 Å². The van der Waals surface area contributed by atoms with Crippen molar-refractivity contribution in [3.63, 3.8) is 0 Å². The van der Waals surface area contributed by atoms with Crippen LogP contribution >= 0.6 is 0 Å². The van der Waals surface area contributed by atoms with Crippen LogP contribution in [0.4, 0.5) is 8.78 Å². The van der Waals surface area contributed by atoms with Crippen molar-refractivity contribution in [3.05, 3.63) is 41.6 Å². The maximum absolute atomic E-state index is 14.7. The number of ether oxygens (including phenoxy) is 1. The number of carbonyl (C=O) groups is 2. The van der Waals surface area contributed by atoms with Gasteiger partial charge in [-0.1, -0.05) is 6.92 Å². The Hall–Kier alpha value is -3.56. The molecule has 2 aromatic heterocycles. The molecule has 0 spiro atoms. The molecule has 8 nitrogen and oxygen atoms in total. The average molecular weight is 512 g/mol. The van der Waals surface area contributed by atoms with E-state index in [0.29, 0.717) is 71.1 Å². The number of fused-ring (bicyclic) bond motifs is 1. The van der Waals surface area contributed by atoms with E-state index >= 15 is 0 Å². The van der Waals surface area contributed by atoms with E-state index in [1.807, 2.05) is 0 Å². The molecule has 2 fully saturated rings. The quantitative estimate of drug-likeness (QED) is 0.416. The molecule has 2 heterocycles. The lowest BCUT2D eigenvalue weighted by molar-refractivity contribution is -0.122. The number of aryl methyl sites for hydroxylation is 1. The number of halogens is 2. The molecule has 2 saturated carbocycles. The van der Waals surface area contributed by atoms with Gasteiger partial charge < -0.3 is 20.4 Å². The number of benzene rings is 1. The summed E-state index contributed by atoms with van der Waals surface area (Å²) in [5.41, 5.74) is 2.74. The van der Waals surface area contributed by atoms with Crippen molar-refractivity contribution in [1.82, 2.24) is 25.6 Å². The molecule has 37 heavy (non-hydrogen) atoms. The summed E-state index contributed by atoms with van der Waals surface area (Å²) >= 11 is 0. The average Bonchev–Trinajstić information content (AvgIpc) is 3.64. The largest absolute Gasteiger partial charge is 0.493 e. The Kier molecular flexibility index (Phi) is 7.08. The van der Waals surface area contributed by atoms with Crippen molar-refractivity contribution in [1.29, 1.82) is 0 Å². The van der Waals surface area contributed by atoms with Crippen molar-refractivity contribution >= 4 is 22.8 Å². The van der Waals surface area contributed by atoms with Crippen LogP contribution in [0.15, 0.2) is 24.5 Å². The van der Waals surface area contributed by atoms with E-state index in [1.165, 1.54) is 18.5 Å². The lowest BCUT2D eigenvalue weighted by Crippen LogP contribution is -2.49. The van der Waals surface area contributed by atoms with Crippen LogP contribution in [0.25, 0.3) is 22.3 Å². The first-order valence-corrected chi connectivity index (χ1v) is 12.8. The summed E-state index contributed by atoms with van der Waals surface area (Å²) in [7, 11) is 0. The molecule has 3 aromatic rings. The molecule has 0 aliphatic heterocycles. The number of alkyl halides is 1. The second-order valence-electron chi connectivity index (χ2n) is 9.99. The molecular weight excluding hydrogens is 480 g/mol. The Balaban J connectivity index is 1.38. The maximum Gasteiger partial charge on any atom is 0.255 e. The molecule has 5 rings (SSSR count). The van der Waals surface area contributed by atoms with Gasteiger partial charge in [0.15, 0.2) is 0 Å². The zero-order valence-electron chi connectivity index (χ0n) is 20.9. The van der Waals surface area contributed by atoms with E-state index < -0.39 is 18.0 Å². The highest BCUT2D eigenvalue weighted by Crippen LogP contribution is 2.37. The van der Waals surface area contributed by atoms with Crippen LogP contribution in [-0.4, -0.2) is 51.6 Å². The summed E-state index contributed by atoms with van der Waals surface area (Å²) in [4.78, 5) is 36.9. The van der Waals surface area contributed by atoms with Gasteiger partial charge in [0, 0.05) is 30.1 Å². The minimum absolute atomic E-state index is 0.118. The van der Waals surface area contributed by atoms with Gasteiger partial charge in [0.2, 0.25) is 5.91 Å². The molecule has 3 atom stereocenters. The third-order valence-corrected chi connectivity index (χ3v) is 7.14. The van der Waals surface area contributed by atoms with E-state index in [4.69, 9.17) is 4.74 Å². The summed E-state index contributed by atoms with van der Waals surface area (Å²) in [5.74, 6) is 0.0690. The molecule has 0 saturated heterocycles. The lowest BCUT2D eigenvalue weighted by atomic mass is 9.89. The molecule has 3 N–H and O–H groups in total. The van der Waals surface area contributed by atoms with Crippen LogP contribution in [0.5, 0.6) is 5.75 Å². The first-order valence-electron chi connectivity index (χ1n) is 12.8. The number of aromatic amines is 1. The Morgan fingerprint density at radius 3 is 2.70 bits per heavy atom. The summed E-state index contributed by atoms with van der Waals surface area (Å²) < 4.78 is 34.9. The van der Waals surface area contributed by atoms with Gasteiger partial charge in [-0.15, -0.1) is 0 Å². The SMILES string of the molecule is CCC(=O)N[C@H]1CC[C@H](NC(=O)c2c(C)[nH]c3c(-c4cc(F)ccc4OCC4CC4)ncnc23)C[C@H]1F. The molecule has 2 aliphatic carbocycles. The highest BCUT2D eigenvalue weighted by atomic mass is 19.1. The Morgan fingerprint density at radius 1 is 1.16 bits per heavy atom. The summed E-state index contributed by atoms with van der Waals surface area (Å²) in [6, 6.07) is 3.42. The fourth-order valence-electron chi connectivity index (χ4n) is 4.88.